The average Bonchev–Trinajstić information content (AvgIpc) is 3.64. The zero-order valence-electron chi connectivity index (χ0n) is 24.3. The maximum Gasteiger partial charge on any atom is 0.270 e. The summed E-state index contributed by atoms with van der Waals surface area (Å²) in [4.78, 5) is 51.2. The number of hydrogen-bond acceptors (Lipinski definition) is 7. The van der Waals surface area contributed by atoms with E-state index in [0.29, 0.717) is 29.7 Å². The molecule has 2 aliphatic rings. The van der Waals surface area contributed by atoms with Crippen LogP contribution in [0.15, 0.2) is 67.0 Å². The van der Waals surface area contributed by atoms with Gasteiger partial charge in [0.1, 0.15) is 17.3 Å². The minimum Gasteiger partial charge on any atom is -0.394 e. The minimum atomic E-state index is -1.46. The van der Waals surface area contributed by atoms with E-state index in [-0.39, 0.29) is 33.8 Å². The average molecular weight is 663 g/mol. The molecule has 2 aromatic heterocycles. The predicted molar refractivity (Wildman–Crippen MR) is 166 cm³/mol. The first kappa shape index (κ1) is 31.2. The van der Waals surface area contributed by atoms with E-state index in [9.17, 15) is 29.1 Å². The van der Waals surface area contributed by atoms with Gasteiger partial charge in [-0.05, 0) is 61.7 Å². The number of benzene rings is 2. The number of halogens is 3. The molecule has 46 heavy (non-hydrogen) atoms. The Balaban J connectivity index is 1.34. The van der Waals surface area contributed by atoms with E-state index in [1.54, 1.807) is 49.5 Å². The van der Waals surface area contributed by atoms with Gasteiger partial charge in [0.2, 0.25) is 11.9 Å². The van der Waals surface area contributed by atoms with Gasteiger partial charge in [0.05, 0.1) is 51.4 Å². The van der Waals surface area contributed by atoms with E-state index >= 15 is 0 Å². The molecule has 1 aliphatic heterocycles. The Morgan fingerprint density at radius 2 is 1.83 bits per heavy atom. The topological polar surface area (TPSA) is 153 Å². The molecule has 1 unspecified atom stereocenters. The third kappa shape index (κ3) is 5.36. The van der Waals surface area contributed by atoms with Crippen LogP contribution in [0.1, 0.15) is 47.1 Å². The molecule has 3 heterocycles. The molecule has 0 saturated heterocycles. The van der Waals surface area contributed by atoms with Gasteiger partial charge in [-0.25, -0.2) is 14.3 Å². The lowest BCUT2D eigenvalue weighted by atomic mass is 9.91. The van der Waals surface area contributed by atoms with Crippen molar-refractivity contribution in [1.29, 1.82) is 5.26 Å². The molecule has 0 spiro atoms. The van der Waals surface area contributed by atoms with Crippen LogP contribution in [0.25, 0.3) is 0 Å². The quantitative estimate of drug-likeness (QED) is 0.228. The smallest absolute Gasteiger partial charge is 0.270 e. The number of aliphatic hydroxyl groups excluding tert-OH is 1. The van der Waals surface area contributed by atoms with Crippen LogP contribution in [0.5, 0.6) is 0 Å². The minimum absolute atomic E-state index is 0.0297. The Bertz CT molecular complexity index is 1880. The Morgan fingerprint density at radius 3 is 2.41 bits per heavy atom. The Labute approximate surface area is 272 Å². The number of amides is 3. The van der Waals surface area contributed by atoms with Crippen LogP contribution >= 0.6 is 23.2 Å². The number of fused-ring (bicyclic) bond motifs is 1. The van der Waals surface area contributed by atoms with Gasteiger partial charge in [0, 0.05) is 12.6 Å². The van der Waals surface area contributed by atoms with Gasteiger partial charge in [-0.3, -0.25) is 23.9 Å². The number of pyridine rings is 1. The van der Waals surface area contributed by atoms with Gasteiger partial charge < -0.3 is 15.7 Å². The van der Waals surface area contributed by atoms with Crippen LogP contribution in [0.4, 0.5) is 16.0 Å². The summed E-state index contributed by atoms with van der Waals surface area (Å²) in [5.74, 6) is -2.72. The van der Waals surface area contributed by atoms with Crippen molar-refractivity contribution in [1.82, 2.24) is 25.2 Å². The second kappa shape index (κ2) is 11.8. The van der Waals surface area contributed by atoms with Crippen molar-refractivity contribution < 1.29 is 23.9 Å². The highest BCUT2D eigenvalue weighted by atomic mass is 35.5. The highest BCUT2D eigenvalue weighted by Crippen LogP contribution is 2.45. The molecule has 4 aromatic rings. The number of nitriles is 1. The van der Waals surface area contributed by atoms with Crippen molar-refractivity contribution in [2.45, 2.75) is 43.3 Å². The summed E-state index contributed by atoms with van der Waals surface area (Å²) < 4.78 is 15.7. The molecule has 0 bridgehead atoms. The van der Waals surface area contributed by atoms with Crippen molar-refractivity contribution >= 4 is 52.6 Å². The fourth-order valence-corrected chi connectivity index (χ4v) is 6.17. The van der Waals surface area contributed by atoms with E-state index in [4.69, 9.17) is 23.2 Å². The molecule has 2 aromatic carbocycles. The number of carbonyl (C=O) groups excluding carboxylic acids is 3. The Hall–Kier alpha value is -4.83. The summed E-state index contributed by atoms with van der Waals surface area (Å²) in [6.45, 7) is 0.916. The lowest BCUT2D eigenvalue weighted by molar-refractivity contribution is -0.125. The molecule has 14 heteroatoms. The predicted octanol–water partition coefficient (Wildman–Crippen LogP) is 4.13. The number of nitrogens with zero attached hydrogens (tertiary/aromatic N) is 5. The van der Waals surface area contributed by atoms with E-state index in [1.165, 1.54) is 27.8 Å². The third-order valence-corrected chi connectivity index (χ3v) is 8.81. The number of nitrogens with one attached hydrogen (secondary N) is 2. The molecule has 0 radical (unpaired) electrons. The van der Waals surface area contributed by atoms with E-state index in [1.807, 2.05) is 12.1 Å². The summed E-state index contributed by atoms with van der Waals surface area (Å²) in [5, 5.41) is 24.2. The van der Waals surface area contributed by atoms with Crippen molar-refractivity contribution in [3.05, 3.63) is 105 Å². The molecule has 6 rings (SSSR count). The molecule has 1 fully saturated rings. The number of hydrogen-bond donors (Lipinski definition) is 3. The lowest BCUT2D eigenvalue weighted by Gasteiger charge is -2.27. The molecular weight excluding hydrogens is 636 g/mol. The second-order valence-corrected chi connectivity index (χ2v) is 12.2. The summed E-state index contributed by atoms with van der Waals surface area (Å²) in [7, 11) is 0. The molecule has 11 nitrogen and oxygen atoms in total. The first-order chi connectivity index (χ1) is 22.0. The number of aliphatic hydroxyl groups is 1. The molecule has 2 atom stereocenters. The van der Waals surface area contributed by atoms with Gasteiger partial charge in [-0.15, -0.1) is 0 Å². The monoisotopic (exact) mass is 661 g/mol. The summed E-state index contributed by atoms with van der Waals surface area (Å²) in [6.07, 6.45) is 4.25. The van der Waals surface area contributed by atoms with Gasteiger partial charge in [0.15, 0.2) is 5.82 Å². The number of carbonyl (C=O) groups is 3. The maximum absolute atomic E-state index is 14.3. The number of aromatic nitrogens is 3. The van der Waals surface area contributed by atoms with Crippen LogP contribution in [-0.2, 0) is 27.1 Å². The molecule has 1 aliphatic carbocycles. The summed E-state index contributed by atoms with van der Waals surface area (Å²) in [5.41, 5.74) is -0.310. The zero-order chi connectivity index (χ0) is 32.8. The van der Waals surface area contributed by atoms with Gasteiger partial charge >= 0.3 is 0 Å². The molecule has 234 valence electrons. The second-order valence-electron chi connectivity index (χ2n) is 11.4. The van der Waals surface area contributed by atoms with Crippen molar-refractivity contribution in [2.24, 2.45) is 0 Å². The Morgan fingerprint density at radius 1 is 1.13 bits per heavy atom. The van der Waals surface area contributed by atoms with Crippen LogP contribution in [-0.4, -0.2) is 50.0 Å². The summed E-state index contributed by atoms with van der Waals surface area (Å²) >= 11 is 12.1. The van der Waals surface area contributed by atoms with Gasteiger partial charge in [-0.1, -0.05) is 41.4 Å². The lowest BCUT2D eigenvalue weighted by Crippen LogP contribution is -2.52. The number of rotatable bonds is 9. The normalized spacial score (nSPS) is 18.4. The van der Waals surface area contributed by atoms with Crippen LogP contribution in [0, 0.1) is 17.1 Å². The SMILES string of the molecule is C[C@@]1(Cc2ccc(C#N)cc2)C(=O)N(c2cc(Cl)c(F)c(Cl)c2)c2ncc(C(=O)NC(CO)C(=O)NC3(c4ccccn4)CC3)n21. The first-order valence-corrected chi connectivity index (χ1v) is 15.0. The van der Waals surface area contributed by atoms with E-state index < -0.39 is 47.3 Å². The zero-order valence-corrected chi connectivity index (χ0v) is 25.8. The van der Waals surface area contributed by atoms with E-state index in [0.717, 1.165) is 0 Å². The van der Waals surface area contributed by atoms with Gasteiger partial charge in [-0.2, -0.15) is 5.26 Å². The fourth-order valence-electron chi connectivity index (χ4n) is 5.69. The van der Waals surface area contributed by atoms with Crippen LogP contribution in [0.3, 0.4) is 0 Å². The standard InChI is InChI=1S/C32H26Cl2FN7O4/c1-31(14-18-5-7-19(15-36)8-6-18)29(46)41(20-12-21(33)26(35)22(34)13-20)30-38-16-24(42(30)31)28(45)39-23(17-43)27(44)40-32(9-10-32)25-4-2-3-11-37-25/h2-8,11-13,16,23,43H,9-10,14,17H2,1H3,(H,39,45)(H,40,44)/t23?,31-/m1/s1. The first-order valence-electron chi connectivity index (χ1n) is 14.2. The Kier molecular flexibility index (Phi) is 8.02. The summed E-state index contributed by atoms with van der Waals surface area (Å²) in [6, 6.07) is 15.2. The molecule has 3 N–H and O–H groups in total. The molecule has 1 saturated carbocycles. The highest BCUT2D eigenvalue weighted by Gasteiger charge is 2.52. The number of imidazole rings is 1. The number of anilines is 2. The maximum atomic E-state index is 14.3. The van der Waals surface area contributed by atoms with Crippen molar-refractivity contribution in [3.8, 4) is 6.07 Å². The molecular formula is C32H26Cl2FN7O4. The largest absolute Gasteiger partial charge is 0.394 e. The highest BCUT2D eigenvalue weighted by molar-refractivity contribution is 6.35. The van der Waals surface area contributed by atoms with Crippen LogP contribution < -0.4 is 15.5 Å². The molecule has 3 amide bonds. The van der Waals surface area contributed by atoms with Crippen LogP contribution in [0.2, 0.25) is 10.0 Å². The van der Waals surface area contributed by atoms with Crippen molar-refractivity contribution in [3.63, 3.8) is 0 Å². The van der Waals surface area contributed by atoms with E-state index in [2.05, 4.69) is 20.6 Å². The fraction of sp³-hybridized carbons (Fsp3) is 0.250. The van der Waals surface area contributed by atoms with Crippen molar-refractivity contribution in [2.75, 3.05) is 11.5 Å². The third-order valence-electron chi connectivity index (χ3n) is 8.26. The van der Waals surface area contributed by atoms with Gasteiger partial charge in [0.25, 0.3) is 11.8 Å².